The highest BCUT2D eigenvalue weighted by atomic mass is 16.5. The van der Waals surface area contributed by atoms with Crippen molar-refractivity contribution in [1.29, 1.82) is 0 Å². The van der Waals surface area contributed by atoms with E-state index < -0.39 is 5.41 Å². The number of pyridine rings is 1. The second-order valence-corrected chi connectivity index (χ2v) is 8.96. The van der Waals surface area contributed by atoms with Gasteiger partial charge in [-0.1, -0.05) is 36.4 Å². The van der Waals surface area contributed by atoms with Crippen LogP contribution in [0.4, 0.5) is 5.69 Å². The van der Waals surface area contributed by atoms with E-state index in [4.69, 9.17) is 9.84 Å². The Morgan fingerprint density at radius 3 is 2.30 bits per heavy atom. The van der Waals surface area contributed by atoms with E-state index in [1.165, 1.54) is 0 Å². The predicted molar refractivity (Wildman–Crippen MR) is 128 cm³/mol. The van der Waals surface area contributed by atoms with Gasteiger partial charge >= 0.3 is 0 Å². The molecule has 5 rings (SSSR count). The van der Waals surface area contributed by atoms with E-state index in [1.54, 1.807) is 6.20 Å². The molecule has 2 aliphatic rings. The van der Waals surface area contributed by atoms with Crippen LogP contribution in [0.3, 0.4) is 0 Å². The molecule has 0 N–H and O–H groups in total. The maximum atomic E-state index is 13.9. The molecule has 33 heavy (non-hydrogen) atoms. The molecule has 4 heterocycles. The van der Waals surface area contributed by atoms with Gasteiger partial charge in [0.05, 0.1) is 22.5 Å². The van der Waals surface area contributed by atoms with Crippen LogP contribution in [0.15, 0.2) is 54.7 Å². The van der Waals surface area contributed by atoms with Gasteiger partial charge in [-0.25, -0.2) is 9.67 Å². The number of hydrogen-bond donors (Lipinski definition) is 0. The Morgan fingerprint density at radius 1 is 0.939 bits per heavy atom. The number of carbonyl (C=O) groups excluding carboxylic acids is 1. The van der Waals surface area contributed by atoms with Crippen molar-refractivity contribution in [1.82, 2.24) is 19.7 Å². The van der Waals surface area contributed by atoms with Gasteiger partial charge < -0.3 is 14.5 Å². The smallest absolute Gasteiger partial charge is 0.233 e. The lowest BCUT2D eigenvalue weighted by molar-refractivity contribution is -0.141. The minimum absolute atomic E-state index is 0.245. The highest BCUT2D eigenvalue weighted by Crippen LogP contribution is 2.37. The molecule has 2 aromatic heterocycles. The molecule has 3 aromatic rings. The van der Waals surface area contributed by atoms with Gasteiger partial charge in [0, 0.05) is 45.6 Å². The molecule has 0 aliphatic carbocycles. The molecule has 172 valence electrons. The van der Waals surface area contributed by atoms with E-state index in [0.29, 0.717) is 26.3 Å². The Bertz CT molecular complexity index is 1100. The minimum atomic E-state index is -0.475. The summed E-state index contributed by atoms with van der Waals surface area (Å²) in [4.78, 5) is 22.7. The average molecular weight is 446 g/mol. The highest BCUT2D eigenvalue weighted by molar-refractivity contribution is 5.88. The lowest BCUT2D eigenvalue weighted by atomic mass is 9.73. The third-order valence-corrected chi connectivity index (χ3v) is 7.08. The minimum Gasteiger partial charge on any atom is -0.381 e. The normalized spacial score (nSPS) is 18.4. The number of amides is 1. The number of ether oxygens (including phenoxy) is 1. The molecule has 2 aliphatic heterocycles. The number of piperazine rings is 1. The molecule has 1 aromatic carbocycles. The maximum Gasteiger partial charge on any atom is 0.233 e. The van der Waals surface area contributed by atoms with Crippen LogP contribution in [-0.4, -0.2) is 65.0 Å². The fraction of sp³-hybridized carbons (Fsp3) is 0.423. The monoisotopic (exact) mass is 445 g/mol. The summed E-state index contributed by atoms with van der Waals surface area (Å²) in [6, 6.07) is 16.1. The molecule has 1 amide bonds. The number of hydrogen-bond acceptors (Lipinski definition) is 5. The first-order valence-electron chi connectivity index (χ1n) is 11.8. The Hall–Kier alpha value is -3.19. The van der Waals surface area contributed by atoms with Crippen LogP contribution in [0.1, 0.15) is 29.8 Å². The summed E-state index contributed by atoms with van der Waals surface area (Å²) < 4.78 is 7.54. The topological polar surface area (TPSA) is 63.5 Å². The van der Waals surface area contributed by atoms with Crippen molar-refractivity contribution >= 4 is 11.6 Å². The fourth-order valence-electron chi connectivity index (χ4n) is 5.33. The highest BCUT2D eigenvalue weighted by Gasteiger charge is 2.44. The van der Waals surface area contributed by atoms with Crippen LogP contribution >= 0.6 is 0 Å². The molecule has 2 saturated heterocycles. The number of carbonyl (C=O) groups is 1. The van der Waals surface area contributed by atoms with Crippen molar-refractivity contribution in [2.75, 3.05) is 44.3 Å². The lowest BCUT2D eigenvalue weighted by Crippen LogP contribution is -2.56. The number of anilines is 1. The Balaban J connectivity index is 1.34. The summed E-state index contributed by atoms with van der Waals surface area (Å²) in [5, 5.41) is 4.75. The third-order valence-electron chi connectivity index (χ3n) is 7.08. The van der Waals surface area contributed by atoms with Gasteiger partial charge in [-0.2, -0.15) is 5.10 Å². The van der Waals surface area contributed by atoms with Gasteiger partial charge in [0.1, 0.15) is 0 Å². The summed E-state index contributed by atoms with van der Waals surface area (Å²) in [5.41, 5.74) is 3.86. The maximum absolute atomic E-state index is 13.9. The number of nitrogens with zero attached hydrogens (tertiary/aromatic N) is 5. The zero-order valence-electron chi connectivity index (χ0n) is 19.4. The number of aromatic nitrogens is 3. The van der Waals surface area contributed by atoms with Crippen LogP contribution in [0, 0.1) is 13.8 Å². The number of benzene rings is 1. The predicted octanol–water partition coefficient (Wildman–Crippen LogP) is 3.28. The second-order valence-electron chi connectivity index (χ2n) is 8.96. The molecule has 0 unspecified atom stereocenters. The van der Waals surface area contributed by atoms with Crippen LogP contribution < -0.4 is 4.90 Å². The molecular formula is C26H31N5O2. The first-order valence-corrected chi connectivity index (χ1v) is 11.8. The van der Waals surface area contributed by atoms with Gasteiger partial charge in [-0.15, -0.1) is 0 Å². The van der Waals surface area contributed by atoms with Crippen molar-refractivity contribution < 1.29 is 9.53 Å². The fourth-order valence-corrected chi connectivity index (χ4v) is 5.33. The molecule has 0 saturated carbocycles. The Kier molecular flexibility index (Phi) is 5.89. The van der Waals surface area contributed by atoms with E-state index in [0.717, 1.165) is 54.4 Å². The standard InChI is InChI=1S/C26H31N5O2/c1-20-24(21(2)31(28-20)23-10-6-7-13-27-23)29-14-16-30(17-15-29)25(32)26(11-18-33-19-12-26)22-8-4-3-5-9-22/h3-10,13H,11-12,14-19H2,1-2H3. The van der Waals surface area contributed by atoms with E-state index in [1.807, 2.05) is 48.0 Å². The average Bonchev–Trinajstić information content (AvgIpc) is 3.18. The SMILES string of the molecule is Cc1nn(-c2ccccn2)c(C)c1N1CCN(C(=O)C2(c3ccccc3)CCOCC2)CC1. The van der Waals surface area contributed by atoms with Crippen molar-refractivity contribution in [3.8, 4) is 5.82 Å². The Labute approximate surface area is 195 Å². The van der Waals surface area contributed by atoms with Crippen molar-refractivity contribution in [3.63, 3.8) is 0 Å². The zero-order chi connectivity index (χ0) is 22.8. The van der Waals surface area contributed by atoms with Crippen molar-refractivity contribution in [2.45, 2.75) is 32.1 Å². The van der Waals surface area contributed by atoms with Gasteiger partial charge in [-0.05, 0) is 44.4 Å². The lowest BCUT2D eigenvalue weighted by Gasteiger charge is -2.43. The molecule has 7 heteroatoms. The summed E-state index contributed by atoms with van der Waals surface area (Å²) in [6.45, 7) is 8.41. The quantitative estimate of drug-likeness (QED) is 0.617. The largest absolute Gasteiger partial charge is 0.381 e. The van der Waals surface area contributed by atoms with Gasteiger partial charge in [0.2, 0.25) is 5.91 Å². The zero-order valence-corrected chi connectivity index (χ0v) is 19.4. The summed E-state index contributed by atoms with van der Waals surface area (Å²) >= 11 is 0. The molecule has 0 atom stereocenters. The number of aryl methyl sites for hydroxylation is 1. The molecular weight excluding hydrogens is 414 g/mol. The van der Waals surface area contributed by atoms with Crippen molar-refractivity contribution in [3.05, 3.63) is 71.7 Å². The van der Waals surface area contributed by atoms with Crippen LogP contribution in [0.2, 0.25) is 0 Å². The van der Waals surface area contributed by atoms with E-state index in [2.05, 4.69) is 33.8 Å². The summed E-state index contributed by atoms with van der Waals surface area (Å²) in [5.74, 6) is 1.07. The van der Waals surface area contributed by atoms with Crippen LogP contribution in [0.25, 0.3) is 5.82 Å². The van der Waals surface area contributed by atoms with Crippen molar-refractivity contribution in [2.24, 2.45) is 0 Å². The summed E-state index contributed by atoms with van der Waals surface area (Å²) in [6.07, 6.45) is 3.27. The third kappa shape index (κ3) is 3.91. The molecule has 0 radical (unpaired) electrons. The second kappa shape index (κ2) is 8.98. The molecule has 0 bridgehead atoms. The van der Waals surface area contributed by atoms with Gasteiger partial charge in [0.15, 0.2) is 5.82 Å². The summed E-state index contributed by atoms with van der Waals surface area (Å²) in [7, 11) is 0. The Morgan fingerprint density at radius 2 is 1.64 bits per heavy atom. The first kappa shape index (κ1) is 21.6. The van der Waals surface area contributed by atoms with E-state index in [-0.39, 0.29) is 5.91 Å². The van der Waals surface area contributed by atoms with Crippen LogP contribution in [0.5, 0.6) is 0 Å². The van der Waals surface area contributed by atoms with E-state index in [9.17, 15) is 4.79 Å². The van der Waals surface area contributed by atoms with Crippen LogP contribution in [-0.2, 0) is 14.9 Å². The molecule has 7 nitrogen and oxygen atoms in total. The first-order chi connectivity index (χ1) is 16.1. The van der Waals surface area contributed by atoms with Gasteiger partial charge in [-0.3, -0.25) is 4.79 Å². The number of rotatable bonds is 4. The van der Waals surface area contributed by atoms with Gasteiger partial charge in [0.25, 0.3) is 0 Å². The molecule has 0 spiro atoms. The molecule has 2 fully saturated rings. The van der Waals surface area contributed by atoms with E-state index >= 15 is 0 Å².